The Morgan fingerprint density at radius 3 is 2.22 bits per heavy atom. The number of carbonyl (C=O) groups excluding carboxylic acids is 4. The molecule has 0 aromatic heterocycles. The molecule has 170 valence electrons. The highest BCUT2D eigenvalue weighted by atomic mass is 16.6. The summed E-state index contributed by atoms with van der Waals surface area (Å²) >= 11 is 0. The minimum atomic E-state index is -2.39. The molecular weight excluding hydrogens is 414 g/mol. The maximum absolute atomic E-state index is 13.6. The zero-order valence-corrected chi connectivity index (χ0v) is 18.3. The van der Waals surface area contributed by atoms with Crippen LogP contribution in [0.4, 0.5) is 0 Å². The van der Waals surface area contributed by atoms with Gasteiger partial charge in [-0.2, -0.15) is 0 Å². The topological polar surface area (TPSA) is 110 Å². The molecule has 1 aromatic rings. The number of fused-ring (bicyclic) bond motifs is 3. The van der Waals surface area contributed by atoms with Gasteiger partial charge in [-0.05, 0) is 38.8 Å². The third-order valence-electron chi connectivity index (χ3n) is 6.56. The van der Waals surface area contributed by atoms with E-state index in [-0.39, 0.29) is 41.6 Å². The average molecular weight is 441 g/mol. The van der Waals surface area contributed by atoms with Gasteiger partial charge in [-0.3, -0.25) is 14.5 Å². The number of hydrogen-bond donors (Lipinski definition) is 1. The quantitative estimate of drug-likeness (QED) is 0.532. The fourth-order valence-electron chi connectivity index (χ4n) is 5.11. The van der Waals surface area contributed by atoms with E-state index in [0.717, 1.165) is 30.2 Å². The second-order valence-corrected chi connectivity index (χ2v) is 8.32. The lowest BCUT2D eigenvalue weighted by Crippen LogP contribution is -2.63. The van der Waals surface area contributed by atoms with Crippen LogP contribution in [0.1, 0.15) is 61.9 Å². The summed E-state index contributed by atoms with van der Waals surface area (Å²) in [6, 6.07) is 6.27. The van der Waals surface area contributed by atoms with Gasteiger partial charge in [0.25, 0.3) is 11.4 Å². The van der Waals surface area contributed by atoms with E-state index in [2.05, 4.69) is 0 Å². The van der Waals surface area contributed by atoms with E-state index in [1.807, 2.05) is 0 Å². The summed E-state index contributed by atoms with van der Waals surface area (Å²) in [4.78, 5) is 54.3. The monoisotopic (exact) mass is 441 g/mol. The number of aliphatic hydroxyl groups is 1. The number of amides is 1. The fourth-order valence-corrected chi connectivity index (χ4v) is 5.11. The number of carbonyl (C=O) groups is 4. The molecule has 8 nitrogen and oxygen atoms in total. The second-order valence-electron chi connectivity index (χ2n) is 8.32. The van der Waals surface area contributed by atoms with Crippen LogP contribution in [0.25, 0.3) is 0 Å². The number of nitrogens with zero attached hydrogens (tertiary/aromatic N) is 1. The number of ketones is 1. The van der Waals surface area contributed by atoms with Gasteiger partial charge in [-0.1, -0.05) is 37.5 Å². The predicted octanol–water partition coefficient (Wildman–Crippen LogP) is 2.24. The van der Waals surface area contributed by atoms with Gasteiger partial charge in [0, 0.05) is 17.0 Å². The summed E-state index contributed by atoms with van der Waals surface area (Å²) in [6.45, 7) is 3.01. The molecule has 1 unspecified atom stereocenters. The van der Waals surface area contributed by atoms with Gasteiger partial charge < -0.3 is 14.6 Å². The molecule has 0 spiro atoms. The Balaban J connectivity index is 1.96. The van der Waals surface area contributed by atoms with Crippen LogP contribution in [0, 0.1) is 5.92 Å². The van der Waals surface area contributed by atoms with Crippen LogP contribution < -0.4 is 0 Å². The van der Waals surface area contributed by atoms with Crippen LogP contribution in [0.2, 0.25) is 0 Å². The van der Waals surface area contributed by atoms with Crippen molar-refractivity contribution < 1.29 is 33.8 Å². The van der Waals surface area contributed by atoms with Gasteiger partial charge >= 0.3 is 11.9 Å². The maximum atomic E-state index is 13.6. The van der Waals surface area contributed by atoms with E-state index in [1.165, 1.54) is 12.1 Å². The molecule has 1 saturated carbocycles. The smallest absolute Gasteiger partial charge is 0.348 e. The molecule has 1 N–H and O–H groups in total. The Morgan fingerprint density at radius 2 is 1.62 bits per heavy atom. The summed E-state index contributed by atoms with van der Waals surface area (Å²) in [5.41, 5.74) is -4.52. The Bertz CT molecular complexity index is 989. The van der Waals surface area contributed by atoms with Crippen molar-refractivity contribution >= 4 is 23.6 Å². The average Bonchev–Trinajstić information content (AvgIpc) is 3.22. The summed E-state index contributed by atoms with van der Waals surface area (Å²) in [6.07, 6.45) is 5.18. The van der Waals surface area contributed by atoms with Crippen LogP contribution in [-0.4, -0.2) is 52.4 Å². The highest BCUT2D eigenvalue weighted by molar-refractivity contribution is 6.18. The van der Waals surface area contributed by atoms with E-state index in [9.17, 15) is 24.3 Å². The lowest BCUT2D eigenvalue weighted by molar-refractivity contribution is -0.178. The summed E-state index contributed by atoms with van der Waals surface area (Å²) in [7, 11) is 0. The largest absolute Gasteiger partial charge is 0.464 e. The first-order valence-corrected chi connectivity index (χ1v) is 11.1. The SMILES string of the molecule is CCOC(=O)C1(C(=O)OCC)C=C(C(=O)C2CCCCC2)C2(O)c3ccccc3C(=O)N12. The molecule has 4 rings (SSSR count). The zero-order valence-electron chi connectivity index (χ0n) is 18.3. The van der Waals surface area contributed by atoms with Gasteiger partial charge in [0.15, 0.2) is 11.5 Å². The molecule has 8 heteroatoms. The zero-order chi connectivity index (χ0) is 23.1. The number of esters is 2. The number of hydrogen-bond acceptors (Lipinski definition) is 7. The predicted molar refractivity (Wildman–Crippen MR) is 112 cm³/mol. The van der Waals surface area contributed by atoms with Crippen molar-refractivity contribution in [3.8, 4) is 0 Å². The van der Waals surface area contributed by atoms with Crippen molar-refractivity contribution in [2.45, 2.75) is 57.2 Å². The van der Waals surface area contributed by atoms with Gasteiger partial charge in [-0.15, -0.1) is 0 Å². The van der Waals surface area contributed by atoms with Crippen molar-refractivity contribution in [1.82, 2.24) is 4.90 Å². The van der Waals surface area contributed by atoms with Crippen LogP contribution >= 0.6 is 0 Å². The van der Waals surface area contributed by atoms with E-state index < -0.39 is 29.1 Å². The van der Waals surface area contributed by atoms with E-state index in [4.69, 9.17) is 9.47 Å². The lowest BCUT2D eigenvalue weighted by Gasteiger charge is -2.38. The standard InChI is InChI=1S/C24H27NO7/c1-3-31-21(28)23(22(29)32-4-2)14-18(19(26)15-10-6-5-7-11-15)24(30)17-13-9-8-12-16(17)20(27)25(23)24/h8-9,12-15,30H,3-7,10-11H2,1-2H3. The molecule has 0 radical (unpaired) electrons. The van der Waals surface area contributed by atoms with E-state index >= 15 is 0 Å². The molecule has 2 heterocycles. The van der Waals surface area contributed by atoms with Crippen molar-refractivity contribution in [2.24, 2.45) is 5.92 Å². The van der Waals surface area contributed by atoms with Crippen molar-refractivity contribution in [3.05, 3.63) is 47.0 Å². The van der Waals surface area contributed by atoms with Crippen LogP contribution in [0.3, 0.4) is 0 Å². The number of Topliss-reactive ketones (excluding diaryl/α,β-unsaturated/α-hetero) is 1. The van der Waals surface area contributed by atoms with Crippen LogP contribution in [-0.2, 0) is 29.6 Å². The van der Waals surface area contributed by atoms with Crippen molar-refractivity contribution in [3.63, 3.8) is 0 Å². The van der Waals surface area contributed by atoms with Gasteiger partial charge in [0.2, 0.25) is 0 Å². The molecule has 2 aliphatic heterocycles. The summed E-state index contributed by atoms with van der Waals surface area (Å²) < 4.78 is 10.3. The molecule has 1 aliphatic carbocycles. The first kappa shape index (κ1) is 22.2. The molecule has 1 amide bonds. The Labute approximate surface area is 186 Å². The maximum Gasteiger partial charge on any atom is 0.348 e. The van der Waals surface area contributed by atoms with Crippen molar-refractivity contribution in [2.75, 3.05) is 13.2 Å². The Kier molecular flexibility index (Phi) is 5.67. The Hall–Kier alpha value is -3.00. The second kappa shape index (κ2) is 8.16. The molecular formula is C24H27NO7. The molecule has 32 heavy (non-hydrogen) atoms. The lowest BCUT2D eigenvalue weighted by atomic mass is 9.80. The van der Waals surface area contributed by atoms with Gasteiger partial charge in [0.05, 0.1) is 18.8 Å². The van der Waals surface area contributed by atoms with Crippen LogP contribution in [0.15, 0.2) is 35.9 Å². The molecule has 1 aromatic carbocycles. The first-order valence-electron chi connectivity index (χ1n) is 11.1. The minimum Gasteiger partial charge on any atom is -0.464 e. The van der Waals surface area contributed by atoms with E-state index in [0.29, 0.717) is 12.8 Å². The number of benzene rings is 1. The van der Waals surface area contributed by atoms with Gasteiger partial charge in [-0.25, -0.2) is 9.59 Å². The third-order valence-corrected chi connectivity index (χ3v) is 6.56. The molecule has 3 aliphatic rings. The van der Waals surface area contributed by atoms with Gasteiger partial charge in [0.1, 0.15) is 0 Å². The van der Waals surface area contributed by atoms with Crippen LogP contribution in [0.5, 0.6) is 0 Å². The molecule has 0 saturated heterocycles. The molecule has 1 fully saturated rings. The summed E-state index contributed by atoms with van der Waals surface area (Å²) in [5.74, 6) is -3.60. The molecule has 0 bridgehead atoms. The first-order chi connectivity index (χ1) is 15.3. The highest BCUT2D eigenvalue weighted by Gasteiger charge is 2.71. The summed E-state index contributed by atoms with van der Waals surface area (Å²) in [5, 5.41) is 12.0. The number of rotatable bonds is 6. The molecule has 1 atom stereocenters. The minimum absolute atomic E-state index is 0.0624. The fraction of sp³-hybridized carbons (Fsp3) is 0.500. The number of ether oxygens (including phenoxy) is 2. The van der Waals surface area contributed by atoms with E-state index in [1.54, 1.807) is 26.0 Å². The normalized spacial score (nSPS) is 23.9. The van der Waals surface area contributed by atoms with Crippen molar-refractivity contribution in [1.29, 1.82) is 0 Å². The third kappa shape index (κ3) is 2.92. The highest BCUT2D eigenvalue weighted by Crippen LogP contribution is 2.53. The Morgan fingerprint density at radius 1 is 1.03 bits per heavy atom.